The van der Waals surface area contributed by atoms with Crippen molar-refractivity contribution in [1.82, 2.24) is 26.2 Å². The van der Waals surface area contributed by atoms with Crippen molar-refractivity contribution in [3.8, 4) is 0 Å². The number of rotatable bonds is 4. The lowest BCUT2D eigenvalue weighted by Crippen LogP contribution is -2.55. The van der Waals surface area contributed by atoms with E-state index in [1.165, 1.54) is 0 Å². The van der Waals surface area contributed by atoms with Crippen LogP contribution in [0, 0.1) is 5.92 Å². The molecule has 4 amide bonds. The summed E-state index contributed by atoms with van der Waals surface area (Å²) >= 11 is 0. The van der Waals surface area contributed by atoms with Crippen molar-refractivity contribution < 1.29 is 14.4 Å². The van der Waals surface area contributed by atoms with E-state index in [9.17, 15) is 14.4 Å². The number of carbonyl (C=O) groups is 3. The molecule has 9 heteroatoms. The Labute approximate surface area is 160 Å². The number of likely N-dealkylation sites (tertiary alicyclic amines) is 1. The van der Waals surface area contributed by atoms with Crippen LogP contribution in [0.3, 0.4) is 0 Å². The summed E-state index contributed by atoms with van der Waals surface area (Å²) in [6.07, 6.45) is 1.51. The van der Waals surface area contributed by atoms with Crippen LogP contribution in [-0.2, 0) is 9.59 Å². The van der Waals surface area contributed by atoms with Gasteiger partial charge in [-0.05, 0) is 53.4 Å². The Kier molecular flexibility index (Phi) is 6.33. The molecular weight excluding hydrogens is 348 g/mol. The number of piperidine rings is 1. The van der Waals surface area contributed by atoms with Crippen molar-refractivity contribution >= 4 is 23.8 Å². The average molecular weight is 380 g/mol. The summed E-state index contributed by atoms with van der Waals surface area (Å²) in [6.45, 7) is 11.7. The Morgan fingerprint density at radius 2 is 1.93 bits per heavy atom. The van der Waals surface area contributed by atoms with Gasteiger partial charge in [0.25, 0.3) is 5.91 Å². The zero-order chi connectivity index (χ0) is 20.2. The second kappa shape index (κ2) is 8.14. The first kappa shape index (κ1) is 21.0. The third-order valence-electron chi connectivity index (χ3n) is 4.90. The highest BCUT2D eigenvalue weighted by Gasteiger charge is 2.48. The number of aliphatic imine (C=N–C) groups is 1. The number of carbonyl (C=O) groups excluding carboxylic acids is 3. The molecule has 27 heavy (non-hydrogen) atoms. The number of urea groups is 1. The largest absolute Gasteiger partial charge is 0.357 e. The van der Waals surface area contributed by atoms with Gasteiger partial charge in [-0.15, -0.1) is 0 Å². The average Bonchev–Trinajstić information content (AvgIpc) is 2.83. The molecule has 2 fully saturated rings. The fraction of sp³-hybridized carbons (Fsp3) is 0.778. The van der Waals surface area contributed by atoms with Crippen LogP contribution < -0.4 is 21.3 Å². The second-order valence-corrected chi connectivity index (χ2v) is 8.34. The minimum Gasteiger partial charge on any atom is -0.357 e. The molecule has 1 unspecified atom stereocenters. The SMILES string of the molecule is CCNC(=NCC(=O)NC(C)(C)C)N1CCC(C2(C)NC(=O)NC2=O)CC1. The Bertz CT molecular complexity index is 619. The smallest absolute Gasteiger partial charge is 0.322 e. The molecule has 0 bridgehead atoms. The van der Waals surface area contributed by atoms with Gasteiger partial charge < -0.3 is 20.9 Å². The van der Waals surface area contributed by atoms with E-state index in [0.717, 1.165) is 12.8 Å². The van der Waals surface area contributed by atoms with Gasteiger partial charge in [-0.3, -0.25) is 14.9 Å². The van der Waals surface area contributed by atoms with Crippen molar-refractivity contribution in [1.29, 1.82) is 0 Å². The van der Waals surface area contributed by atoms with Gasteiger partial charge in [0, 0.05) is 25.2 Å². The first-order chi connectivity index (χ1) is 12.5. The lowest BCUT2D eigenvalue weighted by molar-refractivity contribution is -0.125. The van der Waals surface area contributed by atoms with E-state index in [2.05, 4.69) is 31.2 Å². The predicted octanol–water partition coefficient (Wildman–Crippen LogP) is 0.177. The molecule has 0 aromatic heterocycles. The molecule has 152 valence electrons. The fourth-order valence-corrected chi connectivity index (χ4v) is 3.54. The molecule has 2 heterocycles. The highest BCUT2D eigenvalue weighted by Crippen LogP contribution is 2.30. The summed E-state index contributed by atoms with van der Waals surface area (Å²) < 4.78 is 0. The molecule has 0 aromatic rings. The maximum absolute atomic E-state index is 12.1. The number of nitrogens with zero attached hydrogens (tertiary/aromatic N) is 2. The normalized spacial score (nSPS) is 24.5. The number of nitrogens with one attached hydrogen (secondary N) is 4. The van der Waals surface area contributed by atoms with Crippen LogP contribution in [0.25, 0.3) is 0 Å². The molecular formula is C18H32N6O3. The minimum absolute atomic E-state index is 0.0623. The lowest BCUT2D eigenvalue weighted by Gasteiger charge is -2.39. The first-order valence-corrected chi connectivity index (χ1v) is 9.53. The molecule has 9 nitrogen and oxygen atoms in total. The summed E-state index contributed by atoms with van der Waals surface area (Å²) in [5.74, 6) is 0.383. The summed E-state index contributed by atoms with van der Waals surface area (Å²) in [4.78, 5) is 42.2. The van der Waals surface area contributed by atoms with Crippen molar-refractivity contribution in [3.63, 3.8) is 0 Å². The molecule has 1 atom stereocenters. The standard InChI is InChI=1S/C18H32N6O3/c1-6-19-15(20-11-13(25)22-17(2,3)4)24-9-7-12(8-10-24)18(5)14(26)21-16(27)23-18/h12H,6-11H2,1-5H3,(H,19,20)(H,22,25)(H2,21,23,26,27). The van der Waals surface area contributed by atoms with Crippen LogP contribution in [0.15, 0.2) is 4.99 Å². The maximum atomic E-state index is 12.1. The van der Waals surface area contributed by atoms with Gasteiger partial charge in [0.05, 0.1) is 0 Å². The van der Waals surface area contributed by atoms with E-state index in [-0.39, 0.29) is 29.8 Å². The van der Waals surface area contributed by atoms with Gasteiger partial charge >= 0.3 is 6.03 Å². The van der Waals surface area contributed by atoms with Crippen LogP contribution in [0.1, 0.15) is 47.5 Å². The monoisotopic (exact) mass is 380 g/mol. The van der Waals surface area contributed by atoms with E-state index >= 15 is 0 Å². The molecule has 0 saturated carbocycles. The van der Waals surface area contributed by atoms with Gasteiger partial charge in [-0.2, -0.15) is 0 Å². The van der Waals surface area contributed by atoms with Crippen LogP contribution in [0.4, 0.5) is 4.79 Å². The first-order valence-electron chi connectivity index (χ1n) is 9.53. The Hall–Kier alpha value is -2.32. The van der Waals surface area contributed by atoms with E-state index < -0.39 is 11.6 Å². The molecule has 2 rings (SSSR count). The topological polar surface area (TPSA) is 115 Å². The van der Waals surface area contributed by atoms with Crippen LogP contribution in [0.5, 0.6) is 0 Å². The fourth-order valence-electron chi connectivity index (χ4n) is 3.54. The predicted molar refractivity (Wildman–Crippen MR) is 103 cm³/mol. The van der Waals surface area contributed by atoms with Gasteiger partial charge in [-0.25, -0.2) is 9.79 Å². The van der Waals surface area contributed by atoms with Crippen molar-refractivity contribution in [2.45, 2.75) is 58.5 Å². The number of guanidine groups is 1. The van der Waals surface area contributed by atoms with Gasteiger partial charge in [-0.1, -0.05) is 0 Å². The van der Waals surface area contributed by atoms with E-state index in [4.69, 9.17) is 0 Å². The third-order valence-corrected chi connectivity index (χ3v) is 4.90. The number of amides is 4. The van der Waals surface area contributed by atoms with Crippen LogP contribution >= 0.6 is 0 Å². The van der Waals surface area contributed by atoms with Gasteiger partial charge in [0.2, 0.25) is 5.91 Å². The van der Waals surface area contributed by atoms with E-state index in [1.807, 2.05) is 27.7 Å². The highest BCUT2D eigenvalue weighted by atomic mass is 16.2. The molecule has 0 spiro atoms. The zero-order valence-corrected chi connectivity index (χ0v) is 16.9. The lowest BCUT2D eigenvalue weighted by atomic mass is 9.79. The summed E-state index contributed by atoms with van der Waals surface area (Å²) in [5.41, 5.74) is -1.14. The zero-order valence-electron chi connectivity index (χ0n) is 16.9. The van der Waals surface area contributed by atoms with Crippen molar-refractivity contribution in [3.05, 3.63) is 0 Å². The Balaban J connectivity index is 1.96. The van der Waals surface area contributed by atoms with Crippen LogP contribution in [0.2, 0.25) is 0 Å². The second-order valence-electron chi connectivity index (χ2n) is 8.34. The third kappa shape index (κ3) is 5.33. The molecule has 4 N–H and O–H groups in total. The number of hydrogen-bond acceptors (Lipinski definition) is 4. The van der Waals surface area contributed by atoms with Crippen molar-refractivity contribution in [2.24, 2.45) is 10.9 Å². The molecule has 2 saturated heterocycles. The number of hydrogen-bond donors (Lipinski definition) is 4. The summed E-state index contributed by atoms with van der Waals surface area (Å²) in [6, 6.07) is -0.426. The number of imide groups is 1. The molecule has 2 aliphatic heterocycles. The van der Waals surface area contributed by atoms with E-state index in [0.29, 0.717) is 25.6 Å². The Morgan fingerprint density at radius 1 is 1.30 bits per heavy atom. The minimum atomic E-state index is -0.856. The van der Waals surface area contributed by atoms with Gasteiger partial charge in [0.1, 0.15) is 12.1 Å². The van der Waals surface area contributed by atoms with Gasteiger partial charge in [0.15, 0.2) is 5.96 Å². The molecule has 2 aliphatic rings. The summed E-state index contributed by atoms with van der Waals surface area (Å²) in [5, 5.41) is 11.2. The van der Waals surface area contributed by atoms with E-state index in [1.54, 1.807) is 6.92 Å². The van der Waals surface area contributed by atoms with Crippen LogP contribution in [-0.4, -0.2) is 66.0 Å². The highest BCUT2D eigenvalue weighted by molar-refractivity contribution is 6.07. The molecule has 0 radical (unpaired) electrons. The summed E-state index contributed by atoms with van der Waals surface area (Å²) in [7, 11) is 0. The Morgan fingerprint density at radius 3 is 2.41 bits per heavy atom. The molecule has 0 aliphatic carbocycles. The van der Waals surface area contributed by atoms with Crippen molar-refractivity contribution in [2.75, 3.05) is 26.2 Å². The molecule has 0 aromatic carbocycles. The maximum Gasteiger partial charge on any atom is 0.322 e. The quantitative estimate of drug-likeness (QED) is 0.315.